The van der Waals surface area contributed by atoms with Gasteiger partial charge >= 0.3 is 0 Å². The zero-order valence-electron chi connectivity index (χ0n) is 13.5. The third-order valence-electron chi connectivity index (χ3n) is 3.45. The van der Waals surface area contributed by atoms with Gasteiger partial charge in [-0.15, -0.1) is 0 Å². The number of aliphatic hydroxyl groups excluding tert-OH is 1. The van der Waals surface area contributed by atoms with Crippen molar-refractivity contribution in [1.29, 1.82) is 0 Å². The van der Waals surface area contributed by atoms with Crippen LogP contribution < -0.4 is 9.47 Å². The fourth-order valence-corrected chi connectivity index (χ4v) is 3.52. The van der Waals surface area contributed by atoms with Crippen LogP contribution in [0.25, 0.3) is 0 Å². The molecule has 0 spiro atoms. The lowest BCUT2D eigenvalue weighted by Crippen LogP contribution is -2.43. The lowest BCUT2D eigenvalue weighted by molar-refractivity contribution is -0.0276. The molecule has 117 valence electrons. The van der Waals surface area contributed by atoms with E-state index in [4.69, 9.17) is 13.9 Å². The van der Waals surface area contributed by atoms with Crippen LogP contribution in [-0.2, 0) is 10.8 Å². The fraction of sp³-hybridized carbons (Fsp3) is 0.625. The van der Waals surface area contributed by atoms with Gasteiger partial charge in [-0.2, -0.15) is 0 Å². The van der Waals surface area contributed by atoms with Crippen LogP contribution in [0.1, 0.15) is 26.3 Å². The van der Waals surface area contributed by atoms with Crippen LogP contribution in [0.4, 0.5) is 0 Å². The van der Waals surface area contributed by atoms with Crippen molar-refractivity contribution in [3.05, 3.63) is 23.8 Å². The molecular formula is C16H25O4Si. The smallest absolute Gasteiger partial charge is 0.231 e. The van der Waals surface area contributed by atoms with Crippen molar-refractivity contribution in [2.75, 3.05) is 6.79 Å². The first-order valence-corrected chi connectivity index (χ1v) is 9.71. The van der Waals surface area contributed by atoms with Gasteiger partial charge in [0.25, 0.3) is 0 Å². The van der Waals surface area contributed by atoms with Gasteiger partial charge in [-0.25, -0.2) is 0 Å². The Morgan fingerprint density at radius 3 is 2.52 bits per heavy atom. The highest BCUT2D eigenvalue weighted by Crippen LogP contribution is 2.34. The number of rotatable bonds is 5. The van der Waals surface area contributed by atoms with E-state index in [0.717, 1.165) is 17.1 Å². The highest BCUT2D eigenvalue weighted by molar-refractivity contribution is 6.48. The first kappa shape index (κ1) is 16.3. The Kier molecular flexibility index (Phi) is 4.96. The van der Waals surface area contributed by atoms with E-state index in [1.54, 1.807) is 0 Å². The Morgan fingerprint density at radius 1 is 1.24 bits per heavy atom. The molecule has 1 radical (unpaired) electrons. The molecule has 1 aliphatic heterocycles. The van der Waals surface area contributed by atoms with Crippen molar-refractivity contribution in [1.82, 2.24) is 0 Å². The van der Waals surface area contributed by atoms with E-state index in [1.807, 2.05) is 18.2 Å². The molecule has 1 aromatic rings. The third kappa shape index (κ3) is 4.22. The molecule has 4 nitrogen and oxygen atoms in total. The van der Waals surface area contributed by atoms with Crippen molar-refractivity contribution >= 4 is 9.04 Å². The summed E-state index contributed by atoms with van der Waals surface area (Å²) >= 11 is 0. The molecule has 0 bridgehead atoms. The van der Waals surface area contributed by atoms with Crippen molar-refractivity contribution in [3.8, 4) is 11.5 Å². The molecule has 1 unspecified atom stereocenters. The minimum atomic E-state index is -0.866. The van der Waals surface area contributed by atoms with Gasteiger partial charge in [0.15, 0.2) is 11.5 Å². The number of hydrogen-bond donors (Lipinski definition) is 1. The molecule has 0 aliphatic carbocycles. The first-order chi connectivity index (χ1) is 9.77. The Morgan fingerprint density at radius 2 is 1.90 bits per heavy atom. The molecule has 1 N–H and O–H groups in total. The normalized spacial score (nSPS) is 17.1. The molecule has 2 atom stereocenters. The summed E-state index contributed by atoms with van der Waals surface area (Å²) in [5, 5.41) is 10.6. The van der Waals surface area contributed by atoms with E-state index in [-0.39, 0.29) is 18.3 Å². The zero-order valence-corrected chi connectivity index (χ0v) is 14.5. The molecule has 21 heavy (non-hydrogen) atoms. The maximum Gasteiger partial charge on any atom is 0.231 e. The van der Waals surface area contributed by atoms with Gasteiger partial charge in [-0.05, 0) is 36.2 Å². The van der Waals surface area contributed by atoms with Gasteiger partial charge in [-0.1, -0.05) is 26.8 Å². The Balaban J connectivity index is 2.09. The van der Waals surface area contributed by atoms with E-state index in [2.05, 4.69) is 33.9 Å². The highest BCUT2D eigenvalue weighted by atomic mass is 28.3. The largest absolute Gasteiger partial charge is 0.454 e. The number of hydrogen-bond acceptors (Lipinski definition) is 4. The fourth-order valence-electron chi connectivity index (χ4n) is 2.50. The summed E-state index contributed by atoms with van der Waals surface area (Å²) in [6, 6.07) is 5.81. The quantitative estimate of drug-likeness (QED) is 0.850. The minimum absolute atomic E-state index is 0.0995. The van der Waals surface area contributed by atoms with Crippen molar-refractivity contribution < 1.29 is 19.0 Å². The van der Waals surface area contributed by atoms with Crippen LogP contribution in [0, 0.1) is 5.41 Å². The Labute approximate surface area is 128 Å². The van der Waals surface area contributed by atoms with E-state index in [9.17, 15) is 5.11 Å². The van der Waals surface area contributed by atoms with E-state index < -0.39 is 15.1 Å². The van der Waals surface area contributed by atoms with E-state index in [0.29, 0.717) is 6.42 Å². The van der Waals surface area contributed by atoms with Crippen LogP contribution in [-0.4, -0.2) is 33.1 Å². The molecule has 0 saturated heterocycles. The van der Waals surface area contributed by atoms with E-state index in [1.165, 1.54) is 0 Å². The molecular weight excluding hydrogens is 284 g/mol. The monoisotopic (exact) mass is 309 g/mol. The number of aliphatic hydroxyl groups is 1. The maximum atomic E-state index is 10.6. The number of ether oxygens (including phenoxy) is 2. The summed E-state index contributed by atoms with van der Waals surface area (Å²) in [5.41, 5.74) is 0.933. The summed E-state index contributed by atoms with van der Waals surface area (Å²) in [7, 11) is -0.866. The van der Waals surface area contributed by atoms with Crippen molar-refractivity contribution in [3.63, 3.8) is 0 Å². The second kappa shape index (κ2) is 6.38. The van der Waals surface area contributed by atoms with Crippen LogP contribution in [0.5, 0.6) is 11.5 Å². The Hall–Kier alpha value is -1.04. The molecule has 5 heteroatoms. The van der Waals surface area contributed by atoms with Crippen LogP contribution in [0.15, 0.2) is 18.2 Å². The SMILES string of the molecule is C[Si](C)O[C@@H](C(O)Cc1ccc2c(c1)OCO2)C(C)(C)C. The van der Waals surface area contributed by atoms with Gasteiger partial charge < -0.3 is 19.0 Å². The zero-order chi connectivity index (χ0) is 15.6. The summed E-state index contributed by atoms with van der Waals surface area (Å²) in [5.74, 6) is 1.52. The molecule has 0 fully saturated rings. The van der Waals surface area contributed by atoms with E-state index >= 15 is 0 Å². The standard InChI is InChI=1S/C16H25O4Si/c1-16(2,3)15(20-21(4)5)12(17)8-11-6-7-13-14(9-11)19-10-18-13/h6-7,9,12,15,17H,8,10H2,1-5H3/t12?,15-/m0/s1. The van der Waals surface area contributed by atoms with Gasteiger partial charge in [-0.3, -0.25) is 0 Å². The topological polar surface area (TPSA) is 47.9 Å². The predicted molar refractivity (Wildman–Crippen MR) is 84.1 cm³/mol. The van der Waals surface area contributed by atoms with Crippen LogP contribution in [0.3, 0.4) is 0 Å². The Bertz CT molecular complexity index is 482. The summed E-state index contributed by atoms with van der Waals surface area (Å²) in [4.78, 5) is 0. The number of fused-ring (bicyclic) bond motifs is 1. The van der Waals surface area contributed by atoms with Crippen LogP contribution in [0.2, 0.25) is 13.1 Å². The van der Waals surface area contributed by atoms with Gasteiger partial charge in [0.05, 0.1) is 12.2 Å². The average molecular weight is 309 g/mol. The molecule has 1 aromatic carbocycles. The lowest BCUT2D eigenvalue weighted by atomic mass is 9.84. The first-order valence-electron chi connectivity index (χ1n) is 7.31. The molecule has 1 aliphatic rings. The molecule has 0 saturated carbocycles. The number of benzene rings is 1. The van der Waals surface area contributed by atoms with Gasteiger partial charge in [0.1, 0.15) is 0 Å². The maximum absolute atomic E-state index is 10.6. The summed E-state index contributed by atoms with van der Waals surface area (Å²) < 4.78 is 16.7. The second-order valence-corrected chi connectivity index (χ2v) is 8.82. The van der Waals surface area contributed by atoms with Gasteiger partial charge in [0, 0.05) is 6.42 Å². The molecule has 0 aromatic heterocycles. The van der Waals surface area contributed by atoms with Crippen LogP contribution >= 0.6 is 0 Å². The molecule has 1 heterocycles. The van der Waals surface area contributed by atoms with Gasteiger partial charge in [0.2, 0.25) is 15.8 Å². The third-order valence-corrected chi connectivity index (χ3v) is 4.17. The average Bonchev–Trinajstić information content (AvgIpc) is 2.81. The molecule has 0 amide bonds. The summed E-state index contributed by atoms with van der Waals surface area (Å²) in [6.45, 7) is 10.8. The second-order valence-electron chi connectivity index (χ2n) is 6.77. The highest BCUT2D eigenvalue weighted by Gasteiger charge is 2.33. The predicted octanol–water partition coefficient (Wildman–Crippen LogP) is 3.00. The van der Waals surface area contributed by atoms with Crippen molar-refractivity contribution in [2.45, 2.75) is 52.5 Å². The van der Waals surface area contributed by atoms with Crippen molar-refractivity contribution in [2.24, 2.45) is 5.41 Å². The minimum Gasteiger partial charge on any atom is -0.454 e. The molecule has 2 rings (SSSR count). The summed E-state index contributed by atoms with van der Waals surface area (Å²) in [6.07, 6.45) is -0.162. The lowest BCUT2D eigenvalue weighted by Gasteiger charge is -2.36.